The molecule has 2 N–H and O–H groups in total. The van der Waals surface area contributed by atoms with Gasteiger partial charge in [-0.05, 0) is 121 Å². The SMILES string of the molecule is O=C1CCC(N2Cc3cc(N4CCN(CC5CCN(c6ccc(C7c8ccc(O)cc8CCC7CC7CCC7)cc6)CC5)CC4)ccc3C2=O)C(=O)N1. The minimum Gasteiger partial charge on any atom is -0.508 e. The summed E-state index contributed by atoms with van der Waals surface area (Å²) in [6.07, 6.45) is 10.9. The highest BCUT2D eigenvalue weighted by Crippen LogP contribution is 2.47. The Bertz CT molecular complexity index is 1860. The number of fused-ring (bicyclic) bond motifs is 2. The van der Waals surface area contributed by atoms with Crippen LogP contribution in [0, 0.1) is 17.8 Å². The number of anilines is 2. The summed E-state index contributed by atoms with van der Waals surface area (Å²) in [5, 5.41) is 12.6. The van der Waals surface area contributed by atoms with Crippen molar-refractivity contribution in [2.24, 2.45) is 17.8 Å². The van der Waals surface area contributed by atoms with E-state index in [-0.39, 0.29) is 24.1 Å². The number of phenolic OH excluding ortho intramolecular Hbond substituents is 1. The molecule has 0 aromatic heterocycles. The summed E-state index contributed by atoms with van der Waals surface area (Å²) >= 11 is 0. The number of rotatable bonds is 8. The molecule has 4 aliphatic heterocycles. The first kappa shape index (κ1) is 34.4. The summed E-state index contributed by atoms with van der Waals surface area (Å²) < 4.78 is 0. The van der Waals surface area contributed by atoms with E-state index in [4.69, 9.17) is 0 Å². The molecule has 3 aromatic carbocycles. The number of nitrogens with zero attached hydrogens (tertiary/aromatic N) is 4. The highest BCUT2D eigenvalue weighted by atomic mass is 16.3. The summed E-state index contributed by atoms with van der Waals surface area (Å²) in [5.41, 5.74) is 8.30. The average Bonchev–Trinajstić information content (AvgIpc) is 3.48. The fourth-order valence-electron chi connectivity index (χ4n) is 10.3. The van der Waals surface area contributed by atoms with E-state index in [0.29, 0.717) is 42.0 Å². The lowest BCUT2D eigenvalue weighted by atomic mass is 9.66. The van der Waals surface area contributed by atoms with Gasteiger partial charge >= 0.3 is 0 Å². The second-order valence-corrected chi connectivity index (χ2v) is 16.7. The normalized spacial score (nSPS) is 25.6. The molecule has 278 valence electrons. The molecule has 1 saturated carbocycles. The van der Waals surface area contributed by atoms with Crippen molar-refractivity contribution in [1.29, 1.82) is 0 Å². The maximum absolute atomic E-state index is 13.1. The van der Waals surface area contributed by atoms with Crippen LogP contribution in [0.1, 0.15) is 96.3 Å². The summed E-state index contributed by atoms with van der Waals surface area (Å²) in [7, 11) is 0. The number of carbonyl (C=O) groups excluding carboxylic acids is 3. The number of phenols is 1. The van der Waals surface area contributed by atoms with Crippen molar-refractivity contribution in [2.75, 3.05) is 55.6 Å². The van der Waals surface area contributed by atoms with Gasteiger partial charge in [-0.3, -0.25) is 24.6 Å². The summed E-state index contributed by atoms with van der Waals surface area (Å²) in [6, 6.07) is 21.1. The number of amides is 3. The molecule has 3 saturated heterocycles. The number of hydrogen-bond donors (Lipinski definition) is 2. The Kier molecular flexibility index (Phi) is 9.39. The minimum atomic E-state index is -0.580. The Balaban J connectivity index is 0.766. The third kappa shape index (κ3) is 6.93. The summed E-state index contributed by atoms with van der Waals surface area (Å²) in [6.45, 7) is 7.76. The van der Waals surface area contributed by atoms with Gasteiger partial charge in [-0.2, -0.15) is 0 Å². The zero-order chi connectivity index (χ0) is 36.1. The zero-order valence-electron chi connectivity index (χ0n) is 30.8. The van der Waals surface area contributed by atoms with Gasteiger partial charge in [0, 0.05) is 81.6 Å². The van der Waals surface area contributed by atoms with Crippen molar-refractivity contribution in [1.82, 2.24) is 15.1 Å². The largest absolute Gasteiger partial charge is 0.508 e. The van der Waals surface area contributed by atoms with E-state index in [2.05, 4.69) is 62.5 Å². The molecule has 3 amide bonds. The first-order chi connectivity index (χ1) is 25.9. The van der Waals surface area contributed by atoms with Crippen molar-refractivity contribution in [2.45, 2.75) is 82.7 Å². The number of benzene rings is 3. The molecule has 6 aliphatic rings. The third-order valence-electron chi connectivity index (χ3n) is 13.6. The predicted octanol–water partition coefficient (Wildman–Crippen LogP) is 6.08. The molecular formula is C44H53N5O4. The molecule has 0 radical (unpaired) electrons. The average molecular weight is 716 g/mol. The fraction of sp³-hybridized carbons (Fsp3) is 0.523. The topological polar surface area (TPSA) is 96.4 Å². The number of piperidine rings is 2. The number of aromatic hydroxyl groups is 1. The second kappa shape index (κ2) is 14.5. The van der Waals surface area contributed by atoms with Crippen LogP contribution in [-0.2, 0) is 22.6 Å². The number of nitrogens with one attached hydrogen (secondary N) is 1. The first-order valence-corrected chi connectivity index (χ1v) is 20.3. The Morgan fingerprint density at radius 2 is 1.45 bits per heavy atom. The van der Waals surface area contributed by atoms with Crippen molar-refractivity contribution in [3.63, 3.8) is 0 Å². The molecule has 4 heterocycles. The molecule has 9 nitrogen and oxygen atoms in total. The van der Waals surface area contributed by atoms with Crippen molar-refractivity contribution >= 4 is 29.1 Å². The Labute approximate surface area is 313 Å². The Hall–Kier alpha value is -4.37. The first-order valence-electron chi connectivity index (χ1n) is 20.3. The molecular weight excluding hydrogens is 663 g/mol. The van der Waals surface area contributed by atoms with Crippen LogP contribution in [0.4, 0.5) is 11.4 Å². The van der Waals surface area contributed by atoms with Gasteiger partial charge in [0.15, 0.2) is 0 Å². The summed E-state index contributed by atoms with van der Waals surface area (Å²) in [5.74, 6) is 2.35. The van der Waals surface area contributed by atoms with E-state index in [1.165, 1.54) is 67.3 Å². The predicted molar refractivity (Wildman–Crippen MR) is 206 cm³/mol. The Morgan fingerprint density at radius 1 is 0.698 bits per heavy atom. The van der Waals surface area contributed by atoms with Gasteiger partial charge in [-0.15, -0.1) is 0 Å². The van der Waals surface area contributed by atoms with E-state index < -0.39 is 6.04 Å². The lowest BCUT2D eigenvalue weighted by Gasteiger charge is -2.40. The molecule has 3 aromatic rings. The molecule has 3 unspecified atom stereocenters. The number of piperazine rings is 1. The molecule has 9 rings (SSSR count). The van der Waals surface area contributed by atoms with E-state index in [9.17, 15) is 19.5 Å². The van der Waals surface area contributed by atoms with Gasteiger partial charge in [0.1, 0.15) is 11.8 Å². The van der Waals surface area contributed by atoms with Crippen LogP contribution in [0.3, 0.4) is 0 Å². The summed E-state index contributed by atoms with van der Waals surface area (Å²) in [4.78, 5) is 46.5. The third-order valence-corrected chi connectivity index (χ3v) is 13.6. The maximum atomic E-state index is 13.1. The van der Waals surface area contributed by atoms with Crippen LogP contribution in [0.5, 0.6) is 5.75 Å². The van der Waals surface area contributed by atoms with Gasteiger partial charge in [-0.25, -0.2) is 0 Å². The second-order valence-electron chi connectivity index (χ2n) is 16.7. The number of imide groups is 1. The smallest absolute Gasteiger partial charge is 0.255 e. The van der Waals surface area contributed by atoms with Gasteiger partial charge < -0.3 is 19.8 Å². The van der Waals surface area contributed by atoms with Crippen LogP contribution in [0.15, 0.2) is 60.7 Å². The molecule has 9 heteroatoms. The maximum Gasteiger partial charge on any atom is 0.255 e. The van der Waals surface area contributed by atoms with Crippen molar-refractivity contribution < 1.29 is 19.5 Å². The molecule has 3 atom stereocenters. The van der Waals surface area contributed by atoms with Gasteiger partial charge in [0.05, 0.1) is 0 Å². The molecule has 2 aliphatic carbocycles. The van der Waals surface area contributed by atoms with E-state index in [1.54, 1.807) is 4.90 Å². The number of carbonyl (C=O) groups is 3. The van der Waals surface area contributed by atoms with E-state index in [1.807, 2.05) is 18.2 Å². The fourth-order valence-corrected chi connectivity index (χ4v) is 10.3. The lowest BCUT2D eigenvalue weighted by Crippen LogP contribution is -2.52. The van der Waals surface area contributed by atoms with Crippen LogP contribution >= 0.6 is 0 Å². The van der Waals surface area contributed by atoms with Crippen LogP contribution in [0.25, 0.3) is 0 Å². The molecule has 53 heavy (non-hydrogen) atoms. The molecule has 0 bridgehead atoms. The standard InChI is InChI=1S/C44H53N5O4/c50-37-11-13-38-32(26-37)4-5-33(24-29-2-1-3-29)42(38)31-6-8-35(9-7-31)47-18-16-30(17-19-47)27-46-20-22-48(23-21-46)36-10-12-39-34(25-36)28-49(44(39)53)40-14-15-41(51)45-43(40)52/h6-13,25-26,29-30,33,40,42,50H,1-5,14-24,27-28H2,(H,45,51,52). The quantitative estimate of drug-likeness (QED) is 0.273. The van der Waals surface area contributed by atoms with Gasteiger partial charge in [-0.1, -0.05) is 37.5 Å². The highest BCUT2D eigenvalue weighted by Gasteiger charge is 2.39. The Morgan fingerprint density at radius 3 is 2.19 bits per heavy atom. The van der Waals surface area contributed by atoms with E-state index in [0.717, 1.165) is 69.4 Å². The van der Waals surface area contributed by atoms with Crippen molar-refractivity contribution in [3.05, 3.63) is 88.5 Å². The van der Waals surface area contributed by atoms with Gasteiger partial charge in [0.2, 0.25) is 11.8 Å². The number of hydrogen-bond acceptors (Lipinski definition) is 7. The minimum absolute atomic E-state index is 0.116. The van der Waals surface area contributed by atoms with Crippen LogP contribution in [-0.4, -0.2) is 84.5 Å². The van der Waals surface area contributed by atoms with Gasteiger partial charge in [0.25, 0.3) is 5.91 Å². The van der Waals surface area contributed by atoms with Crippen molar-refractivity contribution in [3.8, 4) is 5.75 Å². The van der Waals surface area contributed by atoms with Crippen LogP contribution < -0.4 is 15.1 Å². The number of aryl methyl sites for hydroxylation is 1. The van der Waals surface area contributed by atoms with Crippen LogP contribution in [0.2, 0.25) is 0 Å². The monoisotopic (exact) mass is 715 g/mol. The van der Waals surface area contributed by atoms with E-state index >= 15 is 0 Å². The highest BCUT2D eigenvalue weighted by molar-refractivity contribution is 6.05. The molecule has 4 fully saturated rings. The zero-order valence-corrected chi connectivity index (χ0v) is 30.8. The molecule has 0 spiro atoms. The lowest BCUT2D eigenvalue weighted by molar-refractivity contribution is -0.136.